The highest BCUT2D eigenvalue weighted by atomic mass is 35.5. The first-order valence-corrected chi connectivity index (χ1v) is 12.1. The van der Waals surface area contributed by atoms with Gasteiger partial charge in [-0.2, -0.15) is 0 Å². The Kier molecular flexibility index (Phi) is 8.47. The van der Waals surface area contributed by atoms with Crippen LogP contribution in [0.15, 0.2) is 48.5 Å². The number of anilines is 1. The molecular formula is C22H28ClN3O4S. The molecule has 0 saturated carbocycles. The summed E-state index contributed by atoms with van der Waals surface area (Å²) in [6.07, 6.45) is 1.04. The van der Waals surface area contributed by atoms with Crippen molar-refractivity contribution in [2.75, 3.05) is 23.7 Å². The molecule has 2 amide bonds. The van der Waals surface area contributed by atoms with E-state index in [0.717, 1.165) is 16.1 Å². The van der Waals surface area contributed by atoms with Crippen LogP contribution < -0.4 is 9.62 Å². The van der Waals surface area contributed by atoms with E-state index in [1.54, 1.807) is 32.9 Å². The smallest absolute Gasteiger partial charge is 0.244 e. The minimum Gasteiger partial charge on any atom is -0.355 e. The van der Waals surface area contributed by atoms with Gasteiger partial charge in [0.05, 0.1) is 11.9 Å². The fraction of sp³-hybridized carbons (Fsp3) is 0.364. The van der Waals surface area contributed by atoms with Gasteiger partial charge in [-0.15, -0.1) is 0 Å². The summed E-state index contributed by atoms with van der Waals surface area (Å²) in [6, 6.07) is 13.3. The predicted octanol–water partition coefficient (Wildman–Crippen LogP) is 2.97. The van der Waals surface area contributed by atoms with E-state index in [4.69, 9.17) is 11.6 Å². The molecule has 0 saturated heterocycles. The van der Waals surface area contributed by atoms with Gasteiger partial charge >= 0.3 is 0 Å². The number of carbonyl (C=O) groups is 2. The summed E-state index contributed by atoms with van der Waals surface area (Å²) in [5.41, 5.74) is 1.82. The lowest BCUT2D eigenvalue weighted by Crippen LogP contribution is -2.51. The molecule has 2 aromatic carbocycles. The van der Waals surface area contributed by atoms with Crippen LogP contribution in [-0.4, -0.2) is 50.5 Å². The van der Waals surface area contributed by atoms with Crippen molar-refractivity contribution >= 4 is 39.1 Å². The zero-order valence-electron chi connectivity index (χ0n) is 18.1. The third-order valence-corrected chi connectivity index (χ3v) is 6.19. The Morgan fingerprint density at radius 1 is 1.13 bits per heavy atom. The van der Waals surface area contributed by atoms with E-state index in [2.05, 4.69) is 5.32 Å². The lowest BCUT2D eigenvalue weighted by Gasteiger charge is -2.31. The summed E-state index contributed by atoms with van der Waals surface area (Å²) < 4.78 is 26.1. The maximum Gasteiger partial charge on any atom is 0.244 e. The largest absolute Gasteiger partial charge is 0.355 e. The number of nitrogens with one attached hydrogen (secondary N) is 1. The molecule has 0 heterocycles. The number of hydrogen-bond acceptors (Lipinski definition) is 4. The van der Waals surface area contributed by atoms with Gasteiger partial charge in [0.15, 0.2) is 0 Å². The highest BCUT2D eigenvalue weighted by molar-refractivity contribution is 7.92. The first kappa shape index (κ1) is 24.7. The standard InChI is InChI=1S/C22H28ClN3O4S/c1-5-24-22(28)17(3)25(14-18-9-7-6-8-10-18)21(27)15-26(31(4,29)30)20-13-19(23)12-11-16(20)2/h6-13,17H,5,14-15H2,1-4H3,(H,24,28)/t17-/m0/s1. The van der Waals surface area contributed by atoms with Crippen LogP contribution in [0.5, 0.6) is 0 Å². The van der Waals surface area contributed by atoms with E-state index in [-0.39, 0.29) is 12.5 Å². The molecule has 0 aliphatic carbocycles. The van der Waals surface area contributed by atoms with E-state index in [9.17, 15) is 18.0 Å². The summed E-state index contributed by atoms with van der Waals surface area (Å²) in [5, 5.41) is 3.08. The number of aryl methyl sites for hydroxylation is 1. The maximum atomic E-state index is 13.3. The predicted molar refractivity (Wildman–Crippen MR) is 124 cm³/mol. The Hall–Kier alpha value is -2.58. The molecule has 1 N–H and O–H groups in total. The molecule has 31 heavy (non-hydrogen) atoms. The Bertz CT molecular complexity index is 1030. The summed E-state index contributed by atoms with van der Waals surface area (Å²) in [5.74, 6) is -0.802. The van der Waals surface area contributed by atoms with Crippen molar-refractivity contribution in [2.24, 2.45) is 0 Å². The van der Waals surface area contributed by atoms with E-state index in [1.807, 2.05) is 30.3 Å². The van der Waals surface area contributed by atoms with Crippen LogP contribution in [0.3, 0.4) is 0 Å². The highest BCUT2D eigenvalue weighted by Gasteiger charge is 2.30. The average molecular weight is 466 g/mol. The molecule has 0 aliphatic rings. The molecular weight excluding hydrogens is 438 g/mol. The van der Waals surface area contributed by atoms with Gasteiger partial charge in [-0.1, -0.05) is 48.0 Å². The molecule has 1 atom stereocenters. The van der Waals surface area contributed by atoms with E-state index in [1.165, 1.54) is 11.0 Å². The van der Waals surface area contributed by atoms with Gasteiger partial charge in [-0.05, 0) is 44.0 Å². The van der Waals surface area contributed by atoms with Crippen LogP contribution in [0.1, 0.15) is 25.0 Å². The number of halogens is 1. The number of rotatable bonds is 9. The molecule has 0 spiro atoms. The molecule has 168 valence electrons. The van der Waals surface area contributed by atoms with Crippen LogP contribution >= 0.6 is 11.6 Å². The van der Waals surface area contributed by atoms with Crippen molar-refractivity contribution < 1.29 is 18.0 Å². The number of hydrogen-bond donors (Lipinski definition) is 1. The van der Waals surface area contributed by atoms with Crippen LogP contribution in [0.4, 0.5) is 5.69 Å². The summed E-state index contributed by atoms with van der Waals surface area (Å²) in [7, 11) is -3.79. The number of amides is 2. The van der Waals surface area contributed by atoms with Gasteiger partial charge in [0.25, 0.3) is 0 Å². The van der Waals surface area contributed by atoms with Crippen molar-refractivity contribution in [1.29, 1.82) is 0 Å². The van der Waals surface area contributed by atoms with Crippen molar-refractivity contribution in [1.82, 2.24) is 10.2 Å². The van der Waals surface area contributed by atoms with Crippen LogP contribution in [0, 0.1) is 6.92 Å². The number of benzene rings is 2. The van der Waals surface area contributed by atoms with Gasteiger partial charge in [0.1, 0.15) is 12.6 Å². The van der Waals surface area contributed by atoms with Gasteiger partial charge < -0.3 is 10.2 Å². The molecule has 0 unspecified atom stereocenters. The van der Waals surface area contributed by atoms with Crippen molar-refractivity contribution in [2.45, 2.75) is 33.4 Å². The quantitative estimate of drug-likeness (QED) is 0.616. The fourth-order valence-corrected chi connectivity index (χ4v) is 4.20. The number of carbonyl (C=O) groups excluding carboxylic acids is 2. The Morgan fingerprint density at radius 2 is 1.77 bits per heavy atom. The molecule has 0 bridgehead atoms. The van der Waals surface area contributed by atoms with Gasteiger partial charge in [-0.25, -0.2) is 8.42 Å². The lowest BCUT2D eigenvalue weighted by atomic mass is 10.1. The van der Waals surface area contributed by atoms with Crippen LogP contribution in [-0.2, 0) is 26.2 Å². The monoisotopic (exact) mass is 465 g/mol. The Morgan fingerprint density at radius 3 is 2.35 bits per heavy atom. The van der Waals surface area contributed by atoms with E-state index >= 15 is 0 Å². The molecule has 0 aliphatic heterocycles. The molecule has 2 aromatic rings. The van der Waals surface area contributed by atoms with Crippen LogP contribution in [0.2, 0.25) is 5.02 Å². The summed E-state index contributed by atoms with van der Waals surface area (Å²) in [4.78, 5) is 27.2. The second-order valence-corrected chi connectivity index (χ2v) is 9.62. The highest BCUT2D eigenvalue weighted by Crippen LogP contribution is 2.26. The summed E-state index contributed by atoms with van der Waals surface area (Å²) in [6.45, 7) is 5.31. The minimum atomic E-state index is -3.79. The van der Waals surface area contributed by atoms with Crippen LogP contribution in [0.25, 0.3) is 0 Å². The lowest BCUT2D eigenvalue weighted by molar-refractivity contribution is -0.139. The zero-order valence-corrected chi connectivity index (χ0v) is 19.7. The minimum absolute atomic E-state index is 0.171. The van der Waals surface area contributed by atoms with Crippen molar-refractivity contribution in [3.8, 4) is 0 Å². The molecule has 0 radical (unpaired) electrons. The molecule has 0 fully saturated rings. The number of likely N-dealkylation sites (N-methyl/N-ethyl adjacent to an activating group) is 1. The summed E-state index contributed by atoms with van der Waals surface area (Å²) >= 11 is 6.07. The second-order valence-electron chi connectivity index (χ2n) is 7.28. The molecule has 0 aromatic heterocycles. The second kappa shape index (κ2) is 10.6. The van der Waals surface area contributed by atoms with Crippen molar-refractivity contribution in [3.05, 3.63) is 64.7 Å². The van der Waals surface area contributed by atoms with Crippen molar-refractivity contribution in [3.63, 3.8) is 0 Å². The zero-order chi connectivity index (χ0) is 23.2. The topological polar surface area (TPSA) is 86.8 Å². The van der Waals surface area contributed by atoms with Gasteiger partial charge in [0, 0.05) is 18.1 Å². The molecule has 2 rings (SSSR count). The normalized spacial score (nSPS) is 12.2. The SMILES string of the molecule is CCNC(=O)[C@H](C)N(Cc1ccccc1)C(=O)CN(c1cc(Cl)ccc1C)S(C)(=O)=O. The number of nitrogens with zero attached hydrogens (tertiary/aromatic N) is 2. The Balaban J connectivity index is 2.41. The number of sulfonamides is 1. The first-order chi connectivity index (χ1) is 14.5. The Labute approximate surface area is 189 Å². The average Bonchev–Trinajstić information content (AvgIpc) is 2.71. The van der Waals surface area contributed by atoms with Gasteiger partial charge in [-0.3, -0.25) is 13.9 Å². The third kappa shape index (κ3) is 6.70. The molecule has 7 nitrogen and oxygen atoms in total. The molecule has 9 heteroatoms. The van der Waals surface area contributed by atoms with E-state index in [0.29, 0.717) is 22.8 Å². The first-order valence-electron chi connectivity index (χ1n) is 9.89. The third-order valence-electron chi connectivity index (χ3n) is 4.83. The fourth-order valence-electron chi connectivity index (χ4n) is 3.13. The maximum absolute atomic E-state index is 13.3. The van der Waals surface area contributed by atoms with E-state index < -0.39 is 28.5 Å². The van der Waals surface area contributed by atoms with Gasteiger partial charge in [0.2, 0.25) is 21.8 Å².